The van der Waals surface area contributed by atoms with Crippen molar-refractivity contribution in [2.75, 3.05) is 55.6 Å². The summed E-state index contributed by atoms with van der Waals surface area (Å²) in [7, 11) is 0. The van der Waals surface area contributed by atoms with E-state index in [9.17, 15) is 0 Å². The van der Waals surface area contributed by atoms with Crippen LogP contribution in [0.15, 0.2) is 24.3 Å². The number of anilines is 2. The topological polar surface area (TPSA) is 48.4 Å². The van der Waals surface area contributed by atoms with Crippen molar-refractivity contribution in [2.24, 2.45) is 0 Å². The predicted molar refractivity (Wildman–Crippen MR) is 114 cm³/mol. The van der Waals surface area contributed by atoms with E-state index < -0.39 is 0 Å². The first-order valence-corrected chi connectivity index (χ1v) is 10.7. The number of aryl methyl sites for hydroxylation is 2. The zero-order valence-electron chi connectivity index (χ0n) is 17.3. The first-order valence-electron chi connectivity index (χ1n) is 10.7. The molecule has 0 spiro atoms. The van der Waals surface area contributed by atoms with Crippen molar-refractivity contribution in [1.82, 2.24) is 19.9 Å². The number of nitrogens with zero attached hydrogens (tertiary/aromatic N) is 6. The Morgan fingerprint density at radius 3 is 2.14 bits per heavy atom. The van der Waals surface area contributed by atoms with E-state index in [1.165, 1.54) is 25.0 Å². The molecule has 28 heavy (non-hydrogen) atoms. The Morgan fingerprint density at radius 2 is 1.46 bits per heavy atom. The molecule has 6 heteroatoms. The Hall–Kier alpha value is -2.21. The van der Waals surface area contributed by atoms with E-state index in [1.807, 2.05) is 6.92 Å². The maximum absolute atomic E-state index is 4.74. The maximum atomic E-state index is 4.74. The average molecular weight is 381 g/mol. The molecule has 4 rings (SSSR count). The van der Waals surface area contributed by atoms with Gasteiger partial charge < -0.3 is 9.80 Å². The normalized spacial score (nSPS) is 18.5. The van der Waals surface area contributed by atoms with Crippen molar-refractivity contribution < 1.29 is 0 Å². The summed E-state index contributed by atoms with van der Waals surface area (Å²) < 4.78 is 0. The third kappa shape index (κ3) is 4.79. The molecule has 4 heterocycles. The lowest BCUT2D eigenvalue weighted by molar-refractivity contribution is 0.259. The highest BCUT2D eigenvalue weighted by Crippen LogP contribution is 2.23. The van der Waals surface area contributed by atoms with Gasteiger partial charge in [0.25, 0.3) is 0 Å². The van der Waals surface area contributed by atoms with E-state index in [2.05, 4.69) is 50.9 Å². The standard InChI is InChI=1S/C22H32N6/c1-18-7-6-8-20(23-18)9-12-26-13-15-28(16-14-26)22-17-21(24-19(2)25-22)27-10-4-3-5-11-27/h6-8,17H,3-5,9-16H2,1-2H3. The largest absolute Gasteiger partial charge is 0.356 e. The highest BCUT2D eigenvalue weighted by Gasteiger charge is 2.20. The summed E-state index contributed by atoms with van der Waals surface area (Å²) in [5, 5.41) is 0. The number of piperidine rings is 1. The molecule has 0 unspecified atom stereocenters. The van der Waals surface area contributed by atoms with Crippen LogP contribution >= 0.6 is 0 Å². The van der Waals surface area contributed by atoms with Crippen molar-refractivity contribution >= 4 is 11.6 Å². The lowest BCUT2D eigenvalue weighted by atomic mass is 10.1. The van der Waals surface area contributed by atoms with Crippen molar-refractivity contribution in [3.63, 3.8) is 0 Å². The van der Waals surface area contributed by atoms with Gasteiger partial charge in [-0.2, -0.15) is 0 Å². The third-order valence-corrected chi connectivity index (χ3v) is 5.82. The zero-order valence-corrected chi connectivity index (χ0v) is 17.3. The monoisotopic (exact) mass is 380 g/mol. The molecule has 0 aromatic carbocycles. The molecular weight excluding hydrogens is 348 g/mol. The molecule has 0 aliphatic carbocycles. The van der Waals surface area contributed by atoms with E-state index in [-0.39, 0.29) is 0 Å². The Labute approximate surface area is 168 Å². The zero-order chi connectivity index (χ0) is 19.3. The van der Waals surface area contributed by atoms with Gasteiger partial charge in [0.05, 0.1) is 0 Å². The van der Waals surface area contributed by atoms with Crippen molar-refractivity contribution in [3.8, 4) is 0 Å². The summed E-state index contributed by atoms with van der Waals surface area (Å²) in [5.74, 6) is 3.08. The Morgan fingerprint density at radius 1 is 0.786 bits per heavy atom. The second-order valence-corrected chi connectivity index (χ2v) is 8.03. The van der Waals surface area contributed by atoms with Crippen LogP contribution in [0.4, 0.5) is 11.6 Å². The summed E-state index contributed by atoms with van der Waals surface area (Å²) in [5.41, 5.74) is 2.30. The Bertz CT molecular complexity index is 778. The van der Waals surface area contributed by atoms with Gasteiger partial charge in [0.2, 0.25) is 0 Å². The summed E-state index contributed by atoms with van der Waals surface area (Å²) in [6, 6.07) is 8.50. The first-order chi connectivity index (χ1) is 13.7. The van der Waals surface area contributed by atoms with Crippen LogP contribution in [-0.4, -0.2) is 65.7 Å². The molecule has 2 saturated heterocycles. The molecule has 2 aliphatic rings. The maximum Gasteiger partial charge on any atom is 0.134 e. The minimum Gasteiger partial charge on any atom is -0.356 e. The van der Waals surface area contributed by atoms with Gasteiger partial charge in [-0.1, -0.05) is 6.07 Å². The predicted octanol–water partition coefficient (Wildman–Crippen LogP) is 2.84. The van der Waals surface area contributed by atoms with Crippen LogP contribution in [0.5, 0.6) is 0 Å². The van der Waals surface area contributed by atoms with Gasteiger partial charge in [0.15, 0.2) is 0 Å². The number of rotatable bonds is 5. The number of aromatic nitrogens is 3. The van der Waals surface area contributed by atoms with E-state index in [0.29, 0.717) is 0 Å². The second-order valence-electron chi connectivity index (χ2n) is 8.03. The SMILES string of the molecule is Cc1cccc(CCN2CCN(c3cc(N4CCCCC4)nc(C)n3)CC2)n1. The molecule has 150 valence electrons. The van der Waals surface area contributed by atoms with Crippen molar-refractivity contribution in [2.45, 2.75) is 39.5 Å². The number of pyridine rings is 1. The van der Waals surface area contributed by atoms with Gasteiger partial charge in [0, 0.05) is 69.7 Å². The van der Waals surface area contributed by atoms with Gasteiger partial charge in [-0.25, -0.2) is 9.97 Å². The van der Waals surface area contributed by atoms with Gasteiger partial charge in [-0.05, 0) is 45.2 Å². The van der Waals surface area contributed by atoms with Crippen LogP contribution < -0.4 is 9.80 Å². The Kier molecular flexibility index (Phi) is 6.05. The fourth-order valence-electron chi connectivity index (χ4n) is 4.20. The Balaban J connectivity index is 1.33. The highest BCUT2D eigenvalue weighted by molar-refractivity contribution is 5.51. The van der Waals surface area contributed by atoms with Gasteiger partial charge >= 0.3 is 0 Å². The smallest absolute Gasteiger partial charge is 0.134 e. The summed E-state index contributed by atoms with van der Waals surface area (Å²) >= 11 is 0. The molecule has 0 atom stereocenters. The number of hydrogen-bond donors (Lipinski definition) is 0. The molecule has 0 bridgehead atoms. The number of piperazine rings is 1. The lowest BCUT2D eigenvalue weighted by Gasteiger charge is -2.36. The minimum absolute atomic E-state index is 0.881. The van der Waals surface area contributed by atoms with Crippen molar-refractivity contribution in [3.05, 3.63) is 41.5 Å². The molecule has 0 amide bonds. The quantitative estimate of drug-likeness (QED) is 0.795. The molecule has 2 aromatic rings. The summed E-state index contributed by atoms with van der Waals surface area (Å²) in [6.45, 7) is 11.6. The van der Waals surface area contributed by atoms with Crippen LogP contribution in [0.3, 0.4) is 0 Å². The molecule has 2 aliphatic heterocycles. The molecule has 2 fully saturated rings. The van der Waals surface area contributed by atoms with Crippen molar-refractivity contribution in [1.29, 1.82) is 0 Å². The van der Waals surface area contributed by atoms with E-state index in [1.54, 1.807) is 0 Å². The van der Waals surface area contributed by atoms with Crippen LogP contribution in [0.25, 0.3) is 0 Å². The van der Waals surface area contributed by atoms with E-state index in [0.717, 1.165) is 75.4 Å². The molecule has 2 aromatic heterocycles. The van der Waals surface area contributed by atoms with E-state index in [4.69, 9.17) is 9.97 Å². The van der Waals surface area contributed by atoms with Crippen LogP contribution in [-0.2, 0) is 6.42 Å². The minimum atomic E-state index is 0.881. The fraction of sp³-hybridized carbons (Fsp3) is 0.591. The molecular formula is C22H32N6. The lowest BCUT2D eigenvalue weighted by Crippen LogP contribution is -2.47. The molecule has 0 saturated carbocycles. The van der Waals surface area contributed by atoms with Crippen LogP contribution in [0.2, 0.25) is 0 Å². The number of hydrogen-bond acceptors (Lipinski definition) is 6. The van der Waals surface area contributed by atoms with Crippen LogP contribution in [0.1, 0.15) is 36.5 Å². The van der Waals surface area contributed by atoms with Gasteiger partial charge in [0.1, 0.15) is 17.5 Å². The summed E-state index contributed by atoms with van der Waals surface area (Å²) in [4.78, 5) is 21.5. The first kappa shape index (κ1) is 19.1. The molecule has 0 N–H and O–H groups in total. The second kappa shape index (κ2) is 8.86. The van der Waals surface area contributed by atoms with Gasteiger partial charge in [-0.15, -0.1) is 0 Å². The highest BCUT2D eigenvalue weighted by atomic mass is 15.3. The van der Waals surface area contributed by atoms with Gasteiger partial charge in [-0.3, -0.25) is 9.88 Å². The van der Waals surface area contributed by atoms with Crippen LogP contribution in [0, 0.1) is 13.8 Å². The molecule has 6 nitrogen and oxygen atoms in total. The fourth-order valence-corrected chi connectivity index (χ4v) is 4.20. The third-order valence-electron chi connectivity index (χ3n) is 5.82. The molecule has 0 radical (unpaired) electrons. The summed E-state index contributed by atoms with van der Waals surface area (Å²) in [6.07, 6.45) is 4.90. The average Bonchev–Trinajstić information content (AvgIpc) is 2.73. The van der Waals surface area contributed by atoms with E-state index >= 15 is 0 Å².